The van der Waals surface area contributed by atoms with Gasteiger partial charge in [-0.15, -0.1) is 0 Å². The lowest BCUT2D eigenvalue weighted by Gasteiger charge is -2.24. The smallest absolute Gasteiger partial charge is 0.340 e. The minimum atomic E-state index is -3.15. The van der Waals surface area contributed by atoms with Gasteiger partial charge in [-0.1, -0.05) is 12.1 Å². The van der Waals surface area contributed by atoms with Crippen LogP contribution >= 0.6 is 0 Å². The van der Waals surface area contributed by atoms with E-state index in [4.69, 9.17) is 4.74 Å². The molecule has 27 heavy (non-hydrogen) atoms. The van der Waals surface area contributed by atoms with Crippen LogP contribution in [0.4, 0.5) is 5.69 Å². The first-order valence-electron chi connectivity index (χ1n) is 8.77. The average Bonchev–Trinajstić information content (AvgIpc) is 3.15. The fraction of sp³-hybridized carbons (Fsp3) is 0.500. The number of benzene rings is 1. The summed E-state index contributed by atoms with van der Waals surface area (Å²) in [6.45, 7) is 1.68. The number of anilines is 1. The number of rotatable bonds is 5. The SMILES string of the molecule is C[C@@]1(NC(=O)COC(=O)c2ccccc2N2CCCC2=O)CCS(=O)(=O)C1. The largest absolute Gasteiger partial charge is 0.452 e. The molecular formula is C18H22N2O6S. The van der Waals surface area contributed by atoms with Gasteiger partial charge in [-0.05, 0) is 31.9 Å². The molecule has 0 spiro atoms. The molecule has 2 amide bonds. The summed E-state index contributed by atoms with van der Waals surface area (Å²) >= 11 is 0. The van der Waals surface area contributed by atoms with Crippen LogP contribution in [0.3, 0.4) is 0 Å². The van der Waals surface area contributed by atoms with Crippen molar-refractivity contribution in [2.45, 2.75) is 31.7 Å². The van der Waals surface area contributed by atoms with Crippen LogP contribution in [0.1, 0.15) is 36.5 Å². The molecule has 9 heteroatoms. The Hall–Kier alpha value is -2.42. The summed E-state index contributed by atoms with van der Waals surface area (Å²) in [6, 6.07) is 6.60. The third kappa shape index (κ3) is 4.47. The molecule has 2 fully saturated rings. The molecule has 0 radical (unpaired) electrons. The van der Waals surface area contributed by atoms with Crippen LogP contribution in [0.2, 0.25) is 0 Å². The molecule has 2 saturated heterocycles. The van der Waals surface area contributed by atoms with Gasteiger partial charge in [0.2, 0.25) is 5.91 Å². The Morgan fingerprint density at radius 1 is 1.30 bits per heavy atom. The predicted molar refractivity (Wildman–Crippen MR) is 98.1 cm³/mol. The van der Waals surface area contributed by atoms with E-state index in [-0.39, 0.29) is 23.0 Å². The minimum absolute atomic E-state index is 0.0286. The van der Waals surface area contributed by atoms with E-state index in [2.05, 4.69) is 5.32 Å². The number of carbonyl (C=O) groups excluding carboxylic acids is 3. The van der Waals surface area contributed by atoms with Crippen molar-refractivity contribution in [2.75, 3.05) is 29.6 Å². The van der Waals surface area contributed by atoms with Crippen molar-refractivity contribution >= 4 is 33.3 Å². The topological polar surface area (TPSA) is 110 Å². The molecule has 146 valence electrons. The number of hydrogen-bond acceptors (Lipinski definition) is 6. The summed E-state index contributed by atoms with van der Waals surface area (Å²) in [5.41, 5.74) is -0.156. The van der Waals surface area contributed by atoms with Crippen LogP contribution in [0.15, 0.2) is 24.3 Å². The molecule has 8 nitrogen and oxygen atoms in total. The van der Waals surface area contributed by atoms with Gasteiger partial charge >= 0.3 is 5.97 Å². The third-order valence-electron chi connectivity index (χ3n) is 4.77. The van der Waals surface area contributed by atoms with Crippen molar-refractivity contribution in [2.24, 2.45) is 0 Å². The molecule has 1 atom stereocenters. The zero-order valence-corrected chi connectivity index (χ0v) is 15.9. The summed E-state index contributed by atoms with van der Waals surface area (Å²) in [5, 5.41) is 2.63. The number of carbonyl (C=O) groups is 3. The molecule has 1 N–H and O–H groups in total. The van der Waals surface area contributed by atoms with E-state index >= 15 is 0 Å². The number of amides is 2. The van der Waals surface area contributed by atoms with Gasteiger partial charge in [0.15, 0.2) is 16.4 Å². The van der Waals surface area contributed by atoms with E-state index in [0.29, 0.717) is 25.1 Å². The number of nitrogens with zero attached hydrogens (tertiary/aromatic N) is 1. The number of hydrogen-bond donors (Lipinski definition) is 1. The number of para-hydroxylation sites is 1. The van der Waals surface area contributed by atoms with Crippen LogP contribution in [0, 0.1) is 0 Å². The second-order valence-corrected chi connectivity index (χ2v) is 9.38. The first-order valence-corrected chi connectivity index (χ1v) is 10.6. The van der Waals surface area contributed by atoms with Crippen LogP contribution in [0.5, 0.6) is 0 Å². The van der Waals surface area contributed by atoms with Gasteiger partial charge in [0.1, 0.15) is 0 Å². The van der Waals surface area contributed by atoms with Gasteiger partial charge in [-0.3, -0.25) is 9.59 Å². The van der Waals surface area contributed by atoms with Crippen LogP contribution < -0.4 is 10.2 Å². The maximum Gasteiger partial charge on any atom is 0.340 e. The fourth-order valence-electron chi connectivity index (χ4n) is 3.48. The van der Waals surface area contributed by atoms with Crippen molar-refractivity contribution in [1.82, 2.24) is 5.32 Å². The molecule has 2 aliphatic heterocycles. The maximum absolute atomic E-state index is 12.4. The quantitative estimate of drug-likeness (QED) is 0.735. The van der Waals surface area contributed by atoms with E-state index in [1.54, 1.807) is 36.1 Å². The van der Waals surface area contributed by atoms with Gasteiger partial charge in [0.25, 0.3) is 5.91 Å². The second kappa shape index (κ2) is 7.30. The number of ether oxygens (including phenoxy) is 1. The monoisotopic (exact) mass is 394 g/mol. The molecule has 0 bridgehead atoms. The zero-order valence-electron chi connectivity index (χ0n) is 15.1. The number of nitrogens with one attached hydrogen (secondary N) is 1. The average molecular weight is 394 g/mol. The van der Waals surface area contributed by atoms with Crippen LogP contribution in [0.25, 0.3) is 0 Å². The van der Waals surface area contributed by atoms with Crippen molar-refractivity contribution in [3.05, 3.63) is 29.8 Å². The van der Waals surface area contributed by atoms with Crippen molar-refractivity contribution in [3.63, 3.8) is 0 Å². The van der Waals surface area contributed by atoms with E-state index in [0.717, 1.165) is 6.42 Å². The van der Waals surface area contributed by atoms with Gasteiger partial charge < -0.3 is 15.0 Å². The van der Waals surface area contributed by atoms with E-state index in [9.17, 15) is 22.8 Å². The molecule has 0 unspecified atom stereocenters. The first-order chi connectivity index (χ1) is 12.7. The highest BCUT2D eigenvalue weighted by molar-refractivity contribution is 7.91. The van der Waals surface area contributed by atoms with Crippen molar-refractivity contribution < 1.29 is 27.5 Å². The minimum Gasteiger partial charge on any atom is -0.452 e. The summed E-state index contributed by atoms with van der Waals surface area (Å²) in [5.74, 6) is -1.41. The predicted octanol–water partition coefficient (Wildman–Crippen LogP) is 0.664. The van der Waals surface area contributed by atoms with Crippen molar-refractivity contribution in [3.8, 4) is 0 Å². The molecule has 0 aromatic heterocycles. The Labute approximate surface area is 157 Å². The Kier molecular flexibility index (Phi) is 5.23. The second-order valence-electron chi connectivity index (χ2n) is 7.19. The highest BCUT2D eigenvalue weighted by Crippen LogP contribution is 2.26. The molecule has 0 saturated carbocycles. The number of esters is 1. The summed E-state index contributed by atoms with van der Waals surface area (Å²) in [4.78, 5) is 38.0. The van der Waals surface area contributed by atoms with Gasteiger partial charge in [-0.25, -0.2) is 13.2 Å². The lowest BCUT2D eigenvalue weighted by atomic mass is 10.0. The Bertz CT molecular complexity index is 882. The lowest BCUT2D eigenvalue weighted by Crippen LogP contribution is -2.48. The first kappa shape index (κ1) is 19.3. The Balaban J connectivity index is 1.62. The maximum atomic E-state index is 12.4. The third-order valence-corrected chi connectivity index (χ3v) is 6.67. The number of sulfone groups is 1. The van der Waals surface area contributed by atoms with Crippen LogP contribution in [-0.4, -0.2) is 56.4 Å². The Morgan fingerprint density at radius 3 is 2.67 bits per heavy atom. The molecule has 3 rings (SSSR count). The molecular weight excluding hydrogens is 372 g/mol. The normalized spacial score (nSPS) is 24.0. The molecule has 2 heterocycles. The van der Waals surface area contributed by atoms with Gasteiger partial charge in [0, 0.05) is 13.0 Å². The van der Waals surface area contributed by atoms with Crippen LogP contribution in [-0.2, 0) is 24.2 Å². The summed E-state index contributed by atoms with van der Waals surface area (Å²) in [6.07, 6.45) is 1.49. The molecule has 1 aromatic rings. The summed E-state index contributed by atoms with van der Waals surface area (Å²) < 4.78 is 28.3. The van der Waals surface area contributed by atoms with E-state index < -0.39 is 33.9 Å². The molecule has 2 aliphatic rings. The highest BCUT2D eigenvalue weighted by Gasteiger charge is 2.39. The Morgan fingerprint density at radius 2 is 2.04 bits per heavy atom. The fourth-order valence-corrected chi connectivity index (χ4v) is 5.57. The summed E-state index contributed by atoms with van der Waals surface area (Å²) in [7, 11) is -3.15. The van der Waals surface area contributed by atoms with Gasteiger partial charge in [0.05, 0.1) is 28.3 Å². The van der Waals surface area contributed by atoms with Crippen molar-refractivity contribution in [1.29, 1.82) is 0 Å². The van der Waals surface area contributed by atoms with E-state index in [1.807, 2.05) is 0 Å². The standard InChI is InChI=1S/C18H22N2O6S/c1-18(8-10-27(24,25)12-18)19-15(21)11-26-17(23)13-5-2-3-6-14(13)20-9-4-7-16(20)22/h2-3,5-6H,4,7-12H2,1H3,(H,19,21)/t18-/m1/s1. The molecule has 0 aliphatic carbocycles. The van der Waals surface area contributed by atoms with E-state index in [1.165, 1.54) is 0 Å². The lowest BCUT2D eigenvalue weighted by molar-refractivity contribution is -0.125. The molecule has 1 aromatic carbocycles. The zero-order chi connectivity index (χ0) is 19.7. The highest BCUT2D eigenvalue weighted by atomic mass is 32.2. The van der Waals surface area contributed by atoms with Gasteiger partial charge in [-0.2, -0.15) is 0 Å².